The Morgan fingerprint density at radius 3 is 2.90 bits per heavy atom. The maximum Gasteiger partial charge on any atom is 0.163 e. The molecule has 0 aliphatic carbocycles. The van der Waals surface area contributed by atoms with Crippen LogP contribution in [-0.2, 0) is 0 Å². The zero-order valence-corrected chi connectivity index (χ0v) is 12.7. The topological polar surface area (TPSA) is 26.3 Å². The first-order chi connectivity index (χ1) is 10.1. The summed E-state index contributed by atoms with van der Waals surface area (Å²) in [5, 5.41) is 0.647. The third-order valence-electron chi connectivity index (χ3n) is 4.01. The number of aryl methyl sites for hydroxylation is 1. The number of hydrogen-bond acceptors (Lipinski definition) is 2. The van der Waals surface area contributed by atoms with Gasteiger partial charge in [0.2, 0.25) is 0 Å². The molecular formula is C18H17ClO2. The van der Waals surface area contributed by atoms with Gasteiger partial charge < -0.3 is 4.74 Å². The highest BCUT2D eigenvalue weighted by molar-refractivity contribution is 6.31. The largest absolute Gasteiger partial charge is 0.493 e. The highest BCUT2D eigenvalue weighted by Crippen LogP contribution is 2.36. The first kappa shape index (κ1) is 14.2. The molecule has 1 atom stereocenters. The molecule has 2 aromatic carbocycles. The predicted molar refractivity (Wildman–Crippen MR) is 84.4 cm³/mol. The summed E-state index contributed by atoms with van der Waals surface area (Å²) in [6, 6.07) is 13.5. The third kappa shape index (κ3) is 2.96. The van der Waals surface area contributed by atoms with Gasteiger partial charge in [0.05, 0.1) is 6.61 Å². The molecule has 0 radical (unpaired) electrons. The molecule has 1 aliphatic heterocycles. The lowest BCUT2D eigenvalue weighted by Gasteiger charge is -2.25. The Hall–Kier alpha value is -1.80. The van der Waals surface area contributed by atoms with E-state index in [0.717, 1.165) is 23.3 Å². The molecule has 0 fully saturated rings. The van der Waals surface area contributed by atoms with Gasteiger partial charge in [-0.2, -0.15) is 0 Å². The quantitative estimate of drug-likeness (QED) is 0.762. The van der Waals surface area contributed by atoms with Crippen LogP contribution in [-0.4, -0.2) is 12.4 Å². The van der Waals surface area contributed by atoms with Crippen molar-refractivity contribution in [3.05, 3.63) is 64.2 Å². The molecule has 0 bridgehead atoms. The van der Waals surface area contributed by atoms with E-state index in [2.05, 4.69) is 6.07 Å². The Morgan fingerprint density at radius 1 is 1.29 bits per heavy atom. The fourth-order valence-electron chi connectivity index (χ4n) is 2.74. The molecule has 0 spiro atoms. The number of carbonyl (C=O) groups excluding carboxylic acids is 1. The molecule has 3 rings (SSSR count). The van der Waals surface area contributed by atoms with Crippen molar-refractivity contribution in [3.8, 4) is 5.75 Å². The summed E-state index contributed by atoms with van der Waals surface area (Å²) in [5.41, 5.74) is 2.81. The van der Waals surface area contributed by atoms with E-state index in [1.807, 2.05) is 37.3 Å². The summed E-state index contributed by atoms with van der Waals surface area (Å²) in [6.45, 7) is 2.61. The SMILES string of the molecule is Cc1ccc(C(=O)CC2CCOc3ccccc32)cc1Cl. The van der Waals surface area contributed by atoms with E-state index in [-0.39, 0.29) is 11.7 Å². The lowest BCUT2D eigenvalue weighted by molar-refractivity contribution is 0.0966. The summed E-state index contributed by atoms with van der Waals surface area (Å²) < 4.78 is 5.64. The van der Waals surface area contributed by atoms with E-state index in [1.165, 1.54) is 0 Å². The fraction of sp³-hybridized carbons (Fsp3) is 0.278. The molecule has 0 aromatic heterocycles. The minimum absolute atomic E-state index is 0.138. The van der Waals surface area contributed by atoms with Gasteiger partial charge in [0, 0.05) is 17.0 Å². The van der Waals surface area contributed by atoms with Gasteiger partial charge in [-0.15, -0.1) is 0 Å². The molecule has 3 heteroatoms. The summed E-state index contributed by atoms with van der Waals surface area (Å²) >= 11 is 6.11. The number of para-hydroxylation sites is 1. The maximum absolute atomic E-state index is 12.5. The number of hydrogen-bond donors (Lipinski definition) is 0. The summed E-state index contributed by atoms with van der Waals surface area (Å²) in [6.07, 6.45) is 1.38. The second-order valence-electron chi connectivity index (χ2n) is 5.46. The number of benzene rings is 2. The molecule has 108 valence electrons. The van der Waals surface area contributed by atoms with Crippen LogP contribution in [0.25, 0.3) is 0 Å². The molecule has 0 saturated carbocycles. The van der Waals surface area contributed by atoms with Crippen LogP contribution in [0, 0.1) is 6.92 Å². The number of rotatable bonds is 3. The third-order valence-corrected chi connectivity index (χ3v) is 4.42. The average molecular weight is 301 g/mol. The Labute approximate surface area is 129 Å². The van der Waals surface area contributed by atoms with Crippen molar-refractivity contribution in [2.75, 3.05) is 6.61 Å². The van der Waals surface area contributed by atoms with Gasteiger partial charge in [0.15, 0.2) is 5.78 Å². The summed E-state index contributed by atoms with van der Waals surface area (Å²) in [4.78, 5) is 12.5. The molecule has 2 aromatic rings. The normalized spacial score (nSPS) is 17.0. The van der Waals surface area contributed by atoms with Crippen LogP contribution < -0.4 is 4.74 Å². The minimum atomic E-state index is 0.138. The van der Waals surface area contributed by atoms with Gasteiger partial charge in [-0.3, -0.25) is 4.79 Å². The monoisotopic (exact) mass is 300 g/mol. The standard InChI is InChI=1S/C18H17ClO2/c1-12-6-7-14(10-16(12)19)17(20)11-13-8-9-21-18-5-3-2-4-15(13)18/h2-7,10,13H,8-9,11H2,1H3. The smallest absolute Gasteiger partial charge is 0.163 e. The van der Waals surface area contributed by atoms with Crippen LogP contribution in [0.2, 0.25) is 5.02 Å². The van der Waals surface area contributed by atoms with Crippen molar-refractivity contribution in [3.63, 3.8) is 0 Å². The Bertz CT molecular complexity index is 679. The van der Waals surface area contributed by atoms with Crippen LogP contribution in [0.4, 0.5) is 0 Å². The van der Waals surface area contributed by atoms with Crippen molar-refractivity contribution in [2.24, 2.45) is 0 Å². The van der Waals surface area contributed by atoms with E-state index in [1.54, 1.807) is 6.07 Å². The van der Waals surface area contributed by atoms with E-state index in [4.69, 9.17) is 16.3 Å². The van der Waals surface area contributed by atoms with Crippen LogP contribution >= 0.6 is 11.6 Å². The van der Waals surface area contributed by atoms with Crippen LogP contribution in [0.3, 0.4) is 0 Å². The van der Waals surface area contributed by atoms with Gasteiger partial charge in [0.25, 0.3) is 0 Å². The highest BCUT2D eigenvalue weighted by atomic mass is 35.5. The van der Waals surface area contributed by atoms with Crippen molar-refractivity contribution in [2.45, 2.75) is 25.7 Å². The Balaban J connectivity index is 1.81. The molecule has 0 saturated heterocycles. The number of ketones is 1. The van der Waals surface area contributed by atoms with E-state index in [9.17, 15) is 4.79 Å². The lowest BCUT2D eigenvalue weighted by atomic mass is 9.87. The number of Topliss-reactive ketones (excluding diaryl/α,β-unsaturated/α-hetero) is 1. The van der Waals surface area contributed by atoms with Crippen LogP contribution in [0.5, 0.6) is 5.75 Å². The van der Waals surface area contributed by atoms with E-state index < -0.39 is 0 Å². The zero-order valence-electron chi connectivity index (χ0n) is 11.9. The highest BCUT2D eigenvalue weighted by Gasteiger charge is 2.24. The van der Waals surface area contributed by atoms with E-state index >= 15 is 0 Å². The molecule has 2 nitrogen and oxygen atoms in total. The Kier molecular flexibility index (Phi) is 3.98. The molecule has 21 heavy (non-hydrogen) atoms. The lowest BCUT2D eigenvalue weighted by Crippen LogP contribution is -2.17. The fourth-order valence-corrected chi connectivity index (χ4v) is 2.92. The van der Waals surface area contributed by atoms with Gasteiger partial charge >= 0.3 is 0 Å². The van der Waals surface area contributed by atoms with Gasteiger partial charge in [0.1, 0.15) is 5.75 Å². The summed E-state index contributed by atoms with van der Waals surface area (Å²) in [5.74, 6) is 1.27. The van der Waals surface area contributed by atoms with Gasteiger partial charge in [-0.1, -0.05) is 41.9 Å². The first-order valence-corrected chi connectivity index (χ1v) is 7.54. The predicted octanol–water partition coefficient (Wildman–Crippen LogP) is 4.79. The second kappa shape index (κ2) is 5.90. The zero-order chi connectivity index (χ0) is 14.8. The molecule has 1 aliphatic rings. The van der Waals surface area contributed by atoms with Gasteiger partial charge in [-0.05, 0) is 42.5 Å². The van der Waals surface area contributed by atoms with Crippen LogP contribution in [0.1, 0.15) is 40.2 Å². The van der Waals surface area contributed by atoms with Crippen molar-refractivity contribution in [1.29, 1.82) is 0 Å². The number of halogens is 1. The molecule has 0 N–H and O–H groups in total. The Morgan fingerprint density at radius 2 is 2.10 bits per heavy atom. The molecular weight excluding hydrogens is 284 g/mol. The maximum atomic E-state index is 12.5. The molecule has 1 unspecified atom stereocenters. The average Bonchev–Trinajstić information content (AvgIpc) is 2.50. The van der Waals surface area contributed by atoms with Crippen LogP contribution in [0.15, 0.2) is 42.5 Å². The second-order valence-corrected chi connectivity index (χ2v) is 5.87. The number of carbonyl (C=O) groups is 1. The number of fused-ring (bicyclic) bond motifs is 1. The minimum Gasteiger partial charge on any atom is -0.493 e. The van der Waals surface area contributed by atoms with Crippen molar-refractivity contribution in [1.82, 2.24) is 0 Å². The first-order valence-electron chi connectivity index (χ1n) is 7.16. The molecule has 0 amide bonds. The number of ether oxygens (including phenoxy) is 1. The summed E-state index contributed by atoms with van der Waals surface area (Å²) in [7, 11) is 0. The van der Waals surface area contributed by atoms with Crippen molar-refractivity contribution >= 4 is 17.4 Å². The van der Waals surface area contributed by atoms with Crippen molar-refractivity contribution < 1.29 is 9.53 Å². The molecule has 1 heterocycles. The van der Waals surface area contributed by atoms with Gasteiger partial charge in [-0.25, -0.2) is 0 Å². The van der Waals surface area contributed by atoms with E-state index in [0.29, 0.717) is 23.6 Å².